The van der Waals surface area contributed by atoms with Gasteiger partial charge in [-0.2, -0.15) is 0 Å². The summed E-state index contributed by atoms with van der Waals surface area (Å²) in [4.78, 5) is 10.4. The zero-order valence-electron chi connectivity index (χ0n) is 13.4. The first-order valence-corrected chi connectivity index (χ1v) is 8.96. The molecule has 0 aromatic heterocycles. The fraction of sp³-hybridized carbons (Fsp3) is 0.100. The van der Waals surface area contributed by atoms with E-state index in [2.05, 4.69) is 22.0 Å². The van der Waals surface area contributed by atoms with E-state index >= 15 is 0 Å². The Morgan fingerprint density at radius 1 is 0.960 bits per heavy atom. The molecule has 0 amide bonds. The molecule has 0 aliphatic carbocycles. The van der Waals surface area contributed by atoms with Crippen LogP contribution >= 0.6 is 15.9 Å². The zero-order chi connectivity index (χ0) is 17.6. The fourth-order valence-corrected chi connectivity index (χ4v) is 2.99. The number of hydrogen-bond acceptors (Lipinski definition) is 3. The Morgan fingerprint density at radius 2 is 1.68 bits per heavy atom. The number of nitro benzene ring substituents is 1. The Bertz CT molecular complexity index is 864. The van der Waals surface area contributed by atoms with Gasteiger partial charge in [0.25, 0.3) is 5.69 Å². The minimum atomic E-state index is -0.421. The highest BCUT2D eigenvalue weighted by atomic mass is 79.9. The number of aryl methyl sites for hydroxylation is 1. The molecule has 25 heavy (non-hydrogen) atoms. The molecule has 0 N–H and O–H groups in total. The van der Waals surface area contributed by atoms with E-state index in [4.69, 9.17) is 4.74 Å². The van der Waals surface area contributed by atoms with E-state index in [0.717, 1.165) is 34.2 Å². The van der Waals surface area contributed by atoms with Crippen molar-refractivity contribution in [1.29, 1.82) is 0 Å². The van der Waals surface area contributed by atoms with E-state index in [9.17, 15) is 10.1 Å². The third-order valence-corrected chi connectivity index (χ3v) is 4.19. The third kappa shape index (κ3) is 4.25. The lowest BCUT2D eigenvalue weighted by molar-refractivity contribution is -0.384. The van der Waals surface area contributed by atoms with Crippen LogP contribution in [0.2, 0.25) is 0 Å². The maximum absolute atomic E-state index is 10.8. The maximum atomic E-state index is 10.8. The SMILES string of the molecule is O=[N+]([O-])c1ccc(Oc2cc(CCBr)ccc2-c2ccccc2)cc1. The second-order valence-corrected chi connectivity index (χ2v) is 6.28. The number of ether oxygens (including phenoxy) is 1. The number of halogens is 1. The molecule has 0 unspecified atom stereocenters. The van der Waals surface area contributed by atoms with Crippen molar-refractivity contribution in [3.05, 3.63) is 88.5 Å². The standard InChI is InChI=1S/C20H16BrNO3/c21-13-12-15-6-11-19(16-4-2-1-3-5-16)20(14-15)25-18-9-7-17(8-10-18)22(23)24/h1-11,14H,12-13H2. The van der Waals surface area contributed by atoms with Gasteiger partial charge in [0, 0.05) is 23.0 Å². The van der Waals surface area contributed by atoms with Crippen LogP contribution in [0.15, 0.2) is 72.8 Å². The predicted octanol–water partition coefficient (Wildman–Crippen LogP) is 5.99. The summed E-state index contributed by atoms with van der Waals surface area (Å²) >= 11 is 3.46. The number of nitro groups is 1. The van der Waals surface area contributed by atoms with Crippen LogP contribution in [-0.2, 0) is 6.42 Å². The molecule has 5 heteroatoms. The van der Waals surface area contributed by atoms with Crippen molar-refractivity contribution in [3.8, 4) is 22.6 Å². The van der Waals surface area contributed by atoms with Crippen LogP contribution in [0.25, 0.3) is 11.1 Å². The topological polar surface area (TPSA) is 52.4 Å². The Morgan fingerprint density at radius 3 is 2.32 bits per heavy atom. The largest absolute Gasteiger partial charge is 0.457 e. The average molecular weight is 398 g/mol. The van der Waals surface area contributed by atoms with Crippen molar-refractivity contribution in [1.82, 2.24) is 0 Å². The van der Waals surface area contributed by atoms with Crippen LogP contribution < -0.4 is 4.74 Å². The maximum Gasteiger partial charge on any atom is 0.269 e. The van der Waals surface area contributed by atoms with Crippen LogP contribution in [-0.4, -0.2) is 10.3 Å². The number of benzene rings is 3. The molecule has 0 saturated heterocycles. The number of nitrogens with zero attached hydrogens (tertiary/aromatic N) is 1. The first kappa shape index (κ1) is 17.2. The molecular formula is C20H16BrNO3. The van der Waals surface area contributed by atoms with Gasteiger partial charge < -0.3 is 4.74 Å². The molecule has 3 aromatic carbocycles. The summed E-state index contributed by atoms with van der Waals surface area (Å²) in [6.45, 7) is 0. The van der Waals surface area contributed by atoms with Gasteiger partial charge in [0.1, 0.15) is 11.5 Å². The van der Waals surface area contributed by atoms with Gasteiger partial charge in [0.15, 0.2) is 0 Å². The van der Waals surface area contributed by atoms with Crippen LogP contribution in [0.5, 0.6) is 11.5 Å². The molecule has 3 rings (SSSR count). The van der Waals surface area contributed by atoms with Crippen molar-refractivity contribution in [2.45, 2.75) is 6.42 Å². The lowest BCUT2D eigenvalue weighted by Crippen LogP contribution is -1.93. The molecule has 0 heterocycles. The first-order valence-electron chi connectivity index (χ1n) is 7.84. The number of rotatable bonds is 6. The van der Waals surface area contributed by atoms with Crippen molar-refractivity contribution >= 4 is 21.6 Å². The molecule has 126 valence electrons. The number of alkyl halides is 1. The van der Waals surface area contributed by atoms with Crippen LogP contribution in [0.3, 0.4) is 0 Å². The predicted molar refractivity (Wildman–Crippen MR) is 103 cm³/mol. The Kier molecular flexibility index (Phi) is 5.46. The lowest BCUT2D eigenvalue weighted by Gasteiger charge is -2.13. The molecule has 0 fully saturated rings. The summed E-state index contributed by atoms with van der Waals surface area (Å²) < 4.78 is 6.05. The number of hydrogen-bond donors (Lipinski definition) is 0. The van der Waals surface area contributed by atoms with Crippen molar-refractivity contribution < 1.29 is 9.66 Å². The number of non-ortho nitro benzene ring substituents is 1. The van der Waals surface area contributed by atoms with Gasteiger partial charge in [-0.25, -0.2) is 0 Å². The molecule has 0 saturated carbocycles. The Hall–Kier alpha value is -2.66. The quantitative estimate of drug-likeness (QED) is 0.291. The smallest absolute Gasteiger partial charge is 0.269 e. The molecule has 0 radical (unpaired) electrons. The molecule has 0 bridgehead atoms. The third-order valence-electron chi connectivity index (χ3n) is 3.79. The van der Waals surface area contributed by atoms with Gasteiger partial charge in [-0.1, -0.05) is 58.4 Å². The van der Waals surface area contributed by atoms with Crippen molar-refractivity contribution in [3.63, 3.8) is 0 Å². The molecular weight excluding hydrogens is 382 g/mol. The zero-order valence-corrected chi connectivity index (χ0v) is 15.0. The summed E-state index contributed by atoms with van der Waals surface area (Å²) in [5, 5.41) is 11.7. The lowest BCUT2D eigenvalue weighted by atomic mass is 10.0. The monoisotopic (exact) mass is 397 g/mol. The Balaban J connectivity index is 1.97. The average Bonchev–Trinajstić information content (AvgIpc) is 2.63. The highest BCUT2D eigenvalue weighted by Gasteiger charge is 2.10. The summed E-state index contributed by atoms with van der Waals surface area (Å²) in [5.41, 5.74) is 3.25. The highest BCUT2D eigenvalue weighted by molar-refractivity contribution is 9.09. The Labute approximate surface area is 154 Å². The molecule has 0 spiro atoms. The van der Waals surface area contributed by atoms with Gasteiger partial charge in [-0.15, -0.1) is 0 Å². The minimum absolute atomic E-state index is 0.0451. The van der Waals surface area contributed by atoms with Gasteiger partial charge in [0.05, 0.1) is 4.92 Å². The van der Waals surface area contributed by atoms with Crippen LogP contribution in [0.4, 0.5) is 5.69 Å². The summed E-state index contributed by atoms with van der Waals surface area (Å²) in [6, 6.07) is 22.3. The summed E-state index contributed by atoms with van der Waals surface area (Å²) in [5.74, 6) is 1.30. The van der Waals surface area contributed by atoms with Gasteiger partial charge in [-0.05, 0) is 35.7 Å². The molecule has 3 aromatic rings. The highest BCUT2D eigenvalue weighted by Crippen LogP contribution is 2.35. The van der Waals surface area contributed by atoms with Gasteiger partial charge >= 0.3 is 0 Å². The van der Waals surface area contributed by atoms with Crippen molar-refractivity contribution in [2.24, 2.45) is 0 Å². The molecule has 0 aliphatic heterocycles. The molecule has 4 nitrogen and oxygen atoms in total. The van der Waals surface area contributed by atoms with E-state index in [1.54, 1.807) is 12.1 Å². The summed E-state index contributed by atoms with van der Waals surface area (Å²) in [7, 11) is 0. The minimum Gasteiger partial charge on any atom is -0.457 e. The van der Waals surface area contributed by atoms with Crippen LogP contribution in [0, 0.1) is 10.1 Å². The van der Waals surface area contributed by atoms with E-state index in [0.29, 0.717) is 5.75 Å². The first-order chi connectivity index (χ1) is 12.2. The van der Waals surface area contributed by atoms with Crippen molar-refractivity contribution in [2.75, 3.05) is 5.33 Å². The fourth-order valence-electron chi connectivity index (χ4n) is 2.53. The van der Waals surface area contributed by atoms with Crippen LogP contribution in [0.1, 0.15) is 5.56 Å². The van der Waals surface area contributed by atoms with Gasteiger partial charge in [-0.3, -0.25) is 10.1 Å². The van der Waals surface area contributed by atoms with E-state index in [-0.39, 0.29) is 5.69 Å². The van der Waals surface area contributed by atoms with E-state index in [1.807, 2.05) is 42.5 Å². The molecule has 0 atom stereocenters. The second-order valence-electron chi connectivity index (χ2n) is 5.49. The normalized spacial score (nSPS) is 10.4. The van der Waals surface area contributed by atoms with Gasteiger partial charge in [0.2, 0.25) is 0 Å². The van der Waals surface area contributed by atoms with E-state index < -0.39 is 4.92 Å². The molecule has 0 aliphatic rings. The second kappa shape index (κ2) is 7.94. The summed E-state index contributed by atoms with van der Waals surface area (Å²) in [6.07, 6.45) is 0.895. The van der Waals surface area contributed by atoms with E-state index in [1.165, 1.54) is 12.1 Å².